The summed E-state index contributed by atoms with van der Waals surface area (Å²) in [7, 11) is 0. The van der Waals surface area contributed by atoms with E-state index in [0.29, 0.717) is 11.5 Å². The van der Waals surface area contributed by atoms with Crippen molar-refractivity contribution < 1.29 is 4.79 Å². The molecule has 0 unspecified atom stereocenters. The van der Waals surface area contributed by atoms with Gasteiger partial charge in [-0.25, -0.2) is 0 Å². The van der Waals surface area contributed by atoms with Crippen LogP contribution in [0.4, 0.5) is 0 Å². The lowest BCUT2D eigenvalue weighted by Gasteiger charge is -1.98. The standard InChI is InChI=1S/C9H10N2O/c1-6-8(5-12)4-9(11-10-6)7-2-3-7/h4-5,7H,2-3H2,1H3. The van der Waals surface area contributed by atoms with Crippen LogP contribution in [-0.2, 0) is 0 Å². The summed E-state index contributed by atoms with van der Waals surface area (Å²) in [4.78, 5) is 10.6. The molecule has 3 heteroatoms. The molecule has 0 aliphatic heterocycles. The smallest absolute Gasteiger partial charge is 0.152 e. The number of nitrogens with zero attached hydrogens (tertiary/aromatic N) is 2. The maximum atomic E-state index is 10.6. The third kappa shape index (κ3) is 1.22. The predicted octanol–water partition coefficient (Wildman–Crippen LogP) is 1.47. The first-order valence-corrected chi connectivity index (χ1v) is 4.10. The molecule has 1 aliphatic carbocycles. The molecule has 0 amide bonds. The number of rotatable bonds is 2. The second-order valence-corrected chi connectivity index (χ2v) is 3.20. The molecule has 3 nitrogen and oxygen atoms in total. The number of hydrogen-bond donors (Lipinski definition) is 0. The van der Waals surface area contributed by atoms with E-state index in [1.165, 1.54) is 12.8 Å². The molecule has 62 valence electrons. The summed E-state index contributed by atoms with van der Waals surface area (Å²) in [6, 6.07) is 1.85. The third-order valence-electron chi connectivity index (χ3n) is 2.16. The largest absolute Gasteiger partial charge is 0.298 e. The van der Waals surface area contributed by atoms with Crippen LogP contribution in [0.2, 0.25) is 0 Å². The molecule has 1 fully saturated rings. The molecular formula is C9H10N2O. The van der Waals surface area contributed by atoms with E-state index in [1.807, 2.05) is 6.07 Å². The van der Waals surface area contributed by atoms with E-state index in [1.54, 1.807) is 6.92 Å². The Labute approximate surface area is 70.8 Å². The first-order chi connectivity index (χ1) is 5.81. The molecule has 2 rings (SSSR count). The molecule has 0 aromatic carbocycles. The van der Waals surface area contributed by atoms with E-state index in [-0.39, 0.29) is 0 Å². The highest BCUT2D eigenvalue weighted by molar-refractivity contribution is 5.76. The van der Waals surface area contributed by atoms with Gasteiger partial charge in [0.05, 0.1) is 11.4 Å². The van der Waals surface area contributed by atoms with Crippen molar-refractivity contribution in [3.05, 3.63) is 23.0 Å². The van der Waals surface area contributed by atoms with Crippen molar-refractivity contribution >= 4 is 6.29 Å². The molecule has 1 aromatic heterocycles. The number of carbonyl (C=O) groups is 1. The SMILES string of the molecule is Cc1nnc(C2CC2)cc1C=O. The lowest BCUT2D eigenvalue weighted by Crippen LogP contribution is -1.97. The minimum Gasteiger partial charge on any atom is -0.298 e. The number of aromatic nitrogens is 2. The topological polar surface area (TPSA) is 42.9 Å². The van der Waals surface area contributed by atoms with Crippen LogP contribution in [0.15, 0.2) is 6.07 Å². The van der Waals surface area contributed by atoms with Crippen LogP contribution >= 0.6 is 0 Å². The van der Waals surface area contributed by atoms with E-state index in [4.69, 9.17) is 0 Å². The molecule has 0 spiro atoms. The van der Waals surface area contributed by atoms with Crippen molar-refractivity contribution in [2.75, 3.05) is 0 Å². The Morgan fingerprint density at radius 1 is 1.50 bits per heavy atom. The highest BCUT2D eigenvalue weighted by Crippen LogP contribution is 2.38. The van der Waals surface area contributed by atoms with Gasteiger partial charge in [0, 0.05) is 11.5 Å². The van der Waals surface area contributed by atoms with E-state index in [2.05, 4.69) is 10.2 Å². The first-order valence-electron chi connectivity index (χ1n) is 4.10. The van der Waals surface area contributed by atoms with Gasteiger partial charge in [-0.15, -0.1) is 0 Å². The fourth-order valence-electron chi connectivity index (χ4n) is 1.18. The molecule has 12 heavy (non-hydrogen) atoms. The van der Waals surface area contributed by atoms with Crippen molar-refractivity contribution in [2.24, 2.45) is 0 Å². The van der Waals surface area contributed by atoms with Gasteiger partial charge in [-0.3, -0.25) is 4.79 Å². The molecule has 1 heterocycles. The summed E-state index contributed by atoms with van der Waals surface area (Å²) in [5.41, 5.74) is 2.36. The van der Waals surface area contributed by atoms with Crippen LogP contribution in [0.1, 0.15) is 40.5 Å². The molecule has 1 saturated carbocycles. The monoisotopic (exact) mass is 162 g/mol. The first kappa shape index (κ1) is 7.40. The summed E-state index contributed by atoms with van der Waals surface area (Å²) >= 11 is 0. The Hall–Kier alpha value is -1.25. The van der Waals surface area contributed by atoms with Gasteiger partial charge < -0.3 is 0 Å². The van der Waals surface area contributed by atoms with Gasteiger partial charge in [-0.2, -0.15) is 10.2 Å². The van der Waals surface area contributed by atoms with Gasteiger partial charge in [0.1, 0.15) is 0 Å². The second-order valence-electron chi connectivity index (χ2n) is 3.20. The van der Waals surface area contributed by atoms with Crippen molar-refractivity contribution in [3.63, 3.8) is 0 Å². The molecule has 0 bridgehead atoms. The van der Waals surface area contributed by atoms with Crippen molar-refractivity contribution in [1.82, 2.24) is 10.2 Å². The zero-order valence-corrected chi connectivity index (χ0v) is 6.95. The Morgan fingerprint density at radius 3 is 2.83 bits per heavy atom. The lowest BCUT2D eigenvalue weighted by molar-refractivity contribution is 0.112. The molecule has 0 radical (unpaired) electrons. The zero-order valence-electron chi connectivity index (χ0n) is 6.95. The zero-order chi connectivity index (χ0) is 8.55. The van der Waals surface area contributed by atoms with Crippen molar-refractivity contribution in [2.45, 2.75) is 25.7 Å². The van der Waals surface area contributed by atoms with Gasteiger partial charge in [-0.05, 0) is 25.8 Å². The summed E-state index contributed by atoms with van der Waals surface area (Å²) in [5.74, 6) is 0.566. The Kier molecular flexibility index (Phi) is 1.64. The van der Waals surface area contributed by atoms with Crippen LogP contribution in [0.5, 0.6) is 0 Å². The Bertz CT molecular complexity index is 318. The maximum Gasteiger partial charge on any atom is 0.152 e. The third-order valence-corrected chi connectivity index (χ3v) is 2.16. The van der Waals surface area contributed by atoms with Gasteiger partial charge in [0.15, 0.2) is 6.29 Å². The van der Waals surface area contributed by atoms with Crippen LogP contribution in [0, 0.1) is 6.92 Å². The molecule has 0 saturated heterocycles. The molecule has 1 aromatic rings. The Morgan fingerprint density at radius 2 is 2.25 bits per heavy atom. The normalized spacial score (nSPS) is 16.1. The van der Waals surface area contributed by atoms with Gasteiger partial charge in [0.25, 0.3) is 0 Å². The van der Waals surface area contributed by atoms with Crippen molar-refractivity contribution in [3.8, 4) is 0 Å². The summed E-state index contributed by atoms with van der Waals surface area (Å²) < 4.78 is 0. The van der Waals surface area contributed by atoms with Crippen molar-refractivity contribution in [1.29, 1.82) is 0 Å². The van der Waals surface area contributed by atoms with E-state index >= 15 is 0 Å². The summed E-state index contributed by atoms with van der Waals surface area (Å²) in [6.07, 6.45) is 3.22. The highest BCUT2D eigenvalue weighted by atomic mass is 16.1. The number of hydrogen-bond acceptors (Lipinski definition) is 3. The van der Waals surface area contributed by atoms with Gasteiger partial charge >= 0.3 is 0 Å². The lowest BCUT2D eigenvalue weighted by atomic mass is 10.2. The second kappa shape index (κ2) is 2.66. The van der Waals surface area contributed by atoms with Crippen LogP contribution in [0.25, 0.3) is 0 Å². The van der Waals surface area contributed by atoms with Crippen LogP contribution < -0.4 is 0 Å². The Balaban J connectivity index is 2.39. The minimum atomic E-state index is 0.566. The molecule has 0 atom stereocenters. The molecule has 0 N–H and O–H groups in total. The van der Waals surface area contributed by atoms with Gasteiger partial charge in [-0.1, -0.05) is 0 Å². The summed E-state index contributed by atoms with van der Waals surface area (Å²) in [6.45, 7) is 1.80. The van der Waals surface area contributed by atoms with Gasteiger partial charge in [0.2, 0.25) is 0 Å². The van der Waals surface area contributed by atoms with Crippen LogP contribution in [0.3, 0.4) is 0 Å². The highest BCUT2D eigenvalue weighted by Gasteiger charge is 2.25. The van der Waals surface area contributed by atoms with E-state index in [0.717, 1.165) is 17.7 Å². The fraction of sp³-hybridized carbons (Fsp3) is 0.444. The molecule has 1 aliphatic rings. The van der Waals surface area contributed by atoms with Crippen LogP contribution in [-0.4, -0.2) is 16.5 Å². The molecular weight excluding hydrogens is 152 g/mol. The summed E-state index contributed by atoms with van der Waals surface area (Å²) in [5, 5.41) is 7.97. The number of carbonyl (C=O) groups excluding carboxylic acids is 1. The average molecular weight is 162 g/mol. The average Bonchev–Trinajstić information content (AvgIpc) is 2.88. The number of aldehydes is 1. The fourth-order valence-corrected chi connectivity index (χ4v) is 1.18. The van der Waals surface area contributed by atoms with E-state index < -0.39 is 0 Å². The predicted molar refractivity (Wildman–Crippen MR) is 44.1 cm³/mol. The number of aryl methyl sites for hydroxylation is 1. The minimum absolute atomic E-state index is 0.566. The quantitative estimate of drug-likeness (QED) is 0.618. The maximum absolute atomic E-state index is 10.6. The van der Waals surface area contributed by atoms with E-state index in [9.17, 15) is 4.79 Å².